The van der Waals surface area contributed by atoms with Crippen molar-refractivity contribution in [2.24, 2.45) is 0 Å². The third-order valence-corrected chi connectivity index (χ3v) is 2.08. The van der Waals surface area contributed by atoms with Gasteiger partial charge in [-0.05, 0) is 22.3 Å². The van der Waals surface area contributed by atoms with Gasteiger partial charge in [-0.2, -0.15) is 0 Å². The quantitative estimate of drug-likeness (QED) is 0.716. The number of hydrogen-bond acceptors (Lipinski definition) is 0. The van der Waals surface area contributed by atoms with Crippen molar-refractivity contribution in [2.75, 3.05) is 0 Å². The number of alkyl halides is 3. The molecule has 1 aromatic rings. The first kappa shape index (κ1) is 11.0. The molecule has 0 saturated carbocycles. The average molecular weight is 203 g/mol. The second-order valence-electron chi connectivity index (χ2n) is 2.94. The summed E-state index contributed by atoms with van der Waals surface area (Å²) in [5.74, 6) is 0. The molecule has 0 unspecified atom stereocenters. The fourth-order valence-electron chi connectivity index (χ4n) is 1.37. The molecule has 0 spiro atoms. The second-order valence-corrected chi connectivity index (χ2v) is 2.94. The lowest BCUT2D eigenvalue weighted by molar-refractivity contribution is 0.174. The summed E-state index contributed by atoms with van der Waals surface area (Å²) in [6.45, 7) is -3.18. The van der Waals surface area contributed by atoms with E-state index >= 15 is 0 Å². The smallest absolute Gasteiger partial charge is 0.115 e. The molecule has 0 N–H and O–H groups in total. The Labute approximate surface area is 80.2 Å². The molecule has 0 aromatic heterocycles. The number of hydrogen-bond donors (Lipinski definition) is 0. The zero-order valence-corrected chi connectivity index (χ0v) is 7.53. The van der Waals surface area contributed by atoms with Crippen LogP contribution >= 0.6 is 0 Å². The van der Waals surface area contributed by atoms with E-state index in [0.717, 1.165) is 0 Å². The normalized spacial score (nSPS) is 10.6. The highest BCUT2D eigenvalue weighted by Crippen LogP contribution is 2.21. The van der Waals surface area contributed by atoms with Crippen molar-refractivity contribution in [1.29, 1.82) is 0 Å². The van der Waals surface area contributed by atoms with Crippen molar-refractivity contribution in [2.45, 2.75) is 26.6 Å². The summed E-state index contributed by atoms with van der Waals surface area (Å²) in [5.41, 5.74) is 0.528. The van der Waals surface area contributed by atoms with Crippen LogP contribution in [0.1, 0.15) is 22.3 Å². The van der Waals surface area contributed by atoms with Crippen LogP contribution in [-0.2, 0) is 31.7 Å². The highest BCUT2D eigenvalue weighted by Gasteiger charge is 2.10. The van der Waals surface area contributed by atoms with Crippen LogP contribution in [0, 0.1) is 0 Å². The Bertz CT molecular complexity index is 287. The van der Waals surface area contributed by atoms with Gasteiger partial charge in [0.2, 0.25) is 0 Å². The lowest BCUT2D eigenvalue weighted by Gasteiger charge is -2.09. The molecule has 1 rings (SSSR count). The highest BCUT2D eigenvalue weighted by molar-refractivity contribution is 5.38. The van der Waals surface area contributed by atoms with Crippen molar-refractivity contribution in [3.63, 3.8) is 0 Å². The SMILES string of the molecule is [O]Cc1c(CF)cc(CF)cc1CF. The van der Waals surface area contributed by atoms with Crippen molar-refractivity contribution in [3.05, 3.63) is 34.4 Å². The van der Waals surface area contributed by atoms with Gasteiger partial charge in [0.1, 0.15) is 26.6 Å². The molecule has 77 valence electrons. The minimum atomic E-state index is -0.863. The van der Waals surface area contributed by atoms with Gasteiger partial charge in [0.15, 0.2) is 0 Å². The first-order valence-corrected chi connectivity index (χ1v) is 4.16. The number of halogens is 3. The summed E-state index contributed by atoms with van der Waals surface area (Å²) in [6, 6.07) is 2.54. The maximum absolute atomic E-state index is 12.4. The number of benzene rings is 1. The van der Waals surface area contributed by atoms with Crippen LogP contribution in [0.25, 0.3) is 0 Å². The van der Waals surface area contributed by atoms with Gasteiger partial charge in [0.05, 0.1) is 0 Å². The fourth-order valence-corrected chi connectivity index (χ4v) is 1.37. The van der Waals surface area contributed by atoms with E-state index in [1.165, 1.54) is 12.1 Å². The van der Waals surface area contributed by atoms with Gasteiger partial charge < -0.3 is 0 Å². The molecule has 14 heavy (non-hydrogen) atoms. The predicted octanol–water partition coefficient (Wildman–Crippen LogP) is 3.03. The first-order valence-electron chi connectivity index (χ1n) is 4.16. The summed E-state index contributed by atoms with van der Waals surface area (Å²) in [6.07, 6.45) is 0. The number of rotatable bonds is 4. The molecule has 0 heterocycles. The van der Waals surface area contributed by atoms with Crippen LogP contribution in [0.3, 0.4) is 0 Å². The summed E-state index contributed by atoms with van der Waals surface area (Å²) < 4.78 is 37.1. The molecular weight excluding hydrogens is 193 g/mol. The Balaban J connectivity index is 3.24. The van der Waals surface area contributed by atoms with Gasteiger partial charge in [-0.3, -0.25) is 0 Å². The molecule has 4 heteroatoms. The van der Waals surface area contributed by atoms with E-state index in [0.29, 0.717) is 0 Å². The average Bonchev–Trinajstić information content (AvgIpc) is 2.26. The molecule has 0 aliphatic rings. The molecule has 0 aliphatic heterocycles. The monoisotopic (exact) mass is 203 g/mol. The molecule has 0 saturated heterocycles. The molecular formula is C10H10F3O. The minimum absolute atomic E-state index is 0.0998. The molecule has 0 bridgehead atoms. The van der Waals surface area contributed by atoms with E-state index < -0.39 is 26.6 Å². The van der Waals surface area contributed by atoms with Crippen molar-refractivity contribution >= 4 is 0 Å². The molecule has 1 radical (unpaired) electrons. The minimum Gasteiger partial charge on any atom is -0.246 e. The van der Waals surface area contributed by atoms with E-state index in [2.05, 4.69) is 0 Å². The van der Waals surface area contributed by atoms with E-state index in [4.69, 9.17) is 0 Å². The van der Waals surface area contributed by atoms with Crippen LogP contribution in [0.5, 0.6) is 0 Å². The zero-order valence-electron chi connectivity index (χ0n) is 7.53. The summed E-state index contributed by atoms with van der Waals surface area (Å²) in [5, 5.41) is 10.7. The van der Waals surface area contributed by atoms with Crippen LogP contribution in [0.2, 0.25) is 0 Å². The standard InChI is InChI=1S/C10H10F3O/c11-3-7-1-8(4-12)10(6-14)9(2-7)5-13/h1-2H,3-6H2. The Hall–Kier alpha value is -1.03. The highest BCUT2D eigenvalue weighted by atomic mass is 19.1. The maximum Gasteiger partial charge on any atom is 0.115 e. The van der Waals surface area contributed by atoms with E-state index in [-0.39, 0.29) is 22.3 Å². The van der Waals surface area contributed by atoms with Gasteiger partial charge in [0, 0.05) is 0 Å². The lowest BCUT2D eigenvalue weighted by atomic mass is 9.99. The largest absolute Gasteiger partial charge is 0.246 e. The van der Waals surface area contributed by atoms with Crippen LogP contribution in [0.4, 0.5) is 13.2 Å². The predicted molar refractivity (Wildman–Crippen MR) is 45.3 cm³/mol. The Morgan fingerprint density at radius 1 is 0.929 bits per heavy atom. The van der Waals surface area contributed by atoms with Crippen molar-refractivity contribution < 1.29 is 18.3 Å². The summed E-state index contributed by atoms with van der Waals surface area (Å²) in [4.78, 5) is 0. The summed E-state index contributed by atoms with van der Waals surface area (Å²) in [7, 11) is 0. The third kappa shape index (κ3) is 2.07. The topological polar surface area (TPSA) is 19.9 Å². The Morgan fingerprint density at radius 2 is 1.43 bits per heavy atom. The van der Waals surface area contributed by atoms with Gasteiger partial charge in [-0.25, -0.2) is 18.3 Å². The molecule has 1 aromatic carbocycles. The van der Waals surface area contributed by atoms with Gasteiger partial charge in [-0.15, -0.1) is 0 Å². The van der Waals surface area contributed by atoms with E-state index in [1.54, 1.807) is 0 Å². The van der Waals surface area contributed by atoms with Gasteiger partial charge in [0.25, 0.3) is 0 Å². The van der Waals surface area contributed by atoms with Crippen LogP contribution in [0.15, 0.2) is 12.1 Å². The fraction of sp³-hybridized carbons (Fsp3) is 0.400. The molecule has 1 nitrogen and oxygen atoms in total. The molecule has 0 aliphatic carbocycles. The van der Waals surface area contributed by atoms with E-state index in [1.807, 2.05) is 0 Å². The van der Waals surface area contributed by atoms with Gasteiger partial charge >= 0.3 is 0 Å². The van der Waals surface area contributed by atoms with Crippen molar-refractivity contribution in [1.82, 2.24) is 0 Å². The molecule has 0 atom stereocenters. The maximum atomic E-state index is 12.4. The first-order chi connectivity index (χ1) is 6.76. The van der Waals surface area contributed by atoms with Crippen LogP contribution in [-0.4, -0.2) is 0 Å². The third-order valence-electron chi connectivity index (χ3n) is 2.08. The second kappa shape index (κ2) is 5.00. The zero-order chi connectivity index (χ0) is 10.6. The molecule has 0 amide bonds. The van der Waals surface area contributed by atoms with E-state index in [9.17, 15) is 18.3 Å². The lowest BCUT2D eigenvalue weighted by Crippen LogP contribution is -1.99. The van der Waals surface area contributed by atoms with Crippen LogP contribution < -0.4 is 0 Å². The van der Waals surface area contributed by atoms with Crippen molar-refractivity contribution in [3.8, 4) is 0 Å². The Morgan fingerprint density at radius 3 is 1.71 bits per heavy atom. The van der Waals surface area contributed by atoms with Gasteiger partial charge in [-0.1, -0.05) is 12.1 Å². The molecule has 0 fully saturated rings. The Kier molecular flexibility index (Phi) is 3.95. The summed E-state index contributed by atoms with van der Waals surface area (Å²) >= 11 is 0.